The van der Waals surface area contributed by atoms with Gasteiger partial charge in [-0.05, 0) is 73.5 Å². The van der Waals surface area contributed by atoms with Crippen molar-refractivity contribution in [3.8, 4) is 17.1 Å². The Kier molecular flexibility index (Phi) is 6.91. The van der Waals surface area contributed by atoms with Gasteiger partial charge in [0.1, 0.15) is 0 Å². The van der Waals surface area contributed by atoms with E-state index in [0.29, 0.717) is 11.3 Å². The second-order valence-electron chi connectivity index (χ2n) is 8.53. The molecule has 0 aliphatic heterocycles. The highest BCUT2D eigenvalue weighted by molar-refractivity contribution is 7.98. The average Bonchev–Trinajstić information content (AvgIpc) is 3.33. The number of pyridine rings is 1. The first kappa shape index (κ1) is 23.5. The van der Waals surface area contributed by atoms with E-state index in [1.807, 2.05) is 67.6 Å². The first-order valence-corrected chi connectivity index (χ1v) is 12.6. The second-order valence-corrected chi connectivity index (χ2v) is 9.47. The van der Waals surface area contributed by atoms with E-state index in [9.17, 15) is 4.79 Å². The first-order chi connectivity index (χ1) is 17.6. The van der Waals surface area contributed by atoms with Crippen LogP contribution in [0.4, 0.5) is 5.69 Å². The smallest absolute Gasteiger partial charge is 0.255 e. The number of aryl methyl sites for hydroxylation is 2. The Morgan fingerprint density at radius 2 is 1.69 bits per heavy atom. The Balaban J connectivity index is 1.33. The summed E-state index contributed by atoms with van der Waals surface area (Å²) < 4.78 is 2.06. The average molecular weight is 492 g/mol. The summed E-state index contributed by atoms with van der Waals surface area (Å²) in [5.41, 5.74) is 6.69. The summed E-state index contributed by atoms with van der Waals surface area (Å²) in [6, 6.07) is 27.6. The second kappa shape index (κ2) is 10.6. The number of rotatable bonds is 7. The zero-order valence-corrected chi connectivity index (χ0v) is 20.9. The van der Waals surface area contributed by atoms with Gasteiger partial charge in [-0.15, -0.1) is 10.2 Å². The fourth-order valence-corrected chi connectivity index (χ4v) is 4.71. The molecule has 0 atom stereocenters. The molecular formula is C29H25N5OS. The number of thioether (sulfide) groups is 1. The molecule has 2 aromatic heterocycles. The number of benzene rings is 3. The molecule has 0 unspecified atom stereocenters. The minimum Gasteiger partial charge on any atom is -0.322 e. The topological polar surface area (TPSA) is 72.7 Å². The van der Waals surface area contributed by atoms with Gasteiger partial charge in [0.15, 0.2) is 11.0 Å². The van der Waals surface area contributed by atoms with E-state index in [-0.39, 0.29) is 5.91 Å². The predicted molar refractivity (Wildman–Crippen MR) is 144 cm³/mol. The van der Waals surface area contributed by atoms with Gasteiger partial charge in [-0.2, -0.15) is 0 Å². The van der Waals surface area contributed by atoms with E-state index < -0.39 is 0 Å². The SMILES string of the molecule is Cc1ccc(-n2c(SCc3ccc(C(=O)Nc4cccc(C)c4)cc3)nnc2-c2cccnc2)cc1. The summed E-state index contributed by atoms with van der Waals surface area (Å²) in [6.07, 6.45) is 3.54. The van der Waals surface area contributed by atoms with Crippen molar-refractivity contribution in [3.05, 3.63) is 120 Å². The maximum Gasteiger partial charge on any atom is 0.255 e. The van der Waals surface area contributed by atoms with E-state index in [0.717, 1.165) is 39.0 Å². The van der Waals surface area contributed by atoms with Crippen molar-refractivity contribution in [2.45, 2.75) is 24.8 Å². The molecule has 0 saturated heterocycles. The summed E-state index contributed by atoms with van der Waals surface area (Å²) in [6.45, 7) is 4.07. The van der Waals surface area contributed by atoms with Crippen molar-refractivity contribution in [3.63, 3.8) is 0 Å². The lowest BCUT2D eigenvalue weighted by Gasteiger charge is -2.11. The van der Waals surface area contributed by atoms with Crippen molar-refractivity contribution >= 4 is 23.4 Å². The third-order valence-electron chi connectivity index (χ3n) is 5.71. The summed E-state index contributed by atoms with van der Waals surface area (Å²) in [5.74, 6) is 1.31. The molecule has 36 heavy (non-hydrogen) atoms. The van der Waals surface area contributed by atoms with Crippen LogP contribution in [-0.2, 0) is 5.75 Å². The molecule has 0 spiro atoms. The molecule has 0 saturated carbocycles. The van der Waals surface area contributed by atoms with E-state index >= 15 is 0 Å². The van der Waals surface area contributed by atoms with Crippen LogP contribution in [0, 0.1) is 13.8 Å². The molecule has 5 rings (SSSR count). The Morgan fingerprint density at radius 1 is 0.889 bits per heavy atom. The number of aromatic nitrogens is 4. The number of carbonyl (C=O) groups excluding carboxylic acids is 1. The minimum absolute atomic E-state index is 0.125. The van der Waals surface area contributed by atoms with Crippen LogP contribution in [0.25, 0.3) is 17.1 Å². The predicted octanol–water partition coefficient (Wildman–Crippen LogP) is 6.49. The van der Waals surface area contributed by atoms with Gasteiger partial charge in [-0.3, -0.25) is 14.3 Å². The Bertz CT molecular complexity index is 1480. The number of nitrogens with zero attached hydrogens (tertiary/aromatic N) is 4. The standard InChI is InChI=1S/C29H25N5OS/c1-20-8-14-26(15-9-20)34-27(24-6-4-16-30-18-24)32-33-29(34)36-19-22-10-12-23(13-11-22)28(35)31-25-7-3-5-21(2)17-25/h3-18H,19H2,1-2H3,(H,31,35). The van der Waals surface area contributed by atoms with Crippen LogP contribution >= 0.6 is 11.8 Å². The van der Waals surface area contributed by atoms with Crippen LogP contribution in [0.15, 0.2) is 102 Å². The number of anilines is 1. The molecule has 5 aromatic rings. The Hall–Kier alpha value is -4.23. The quantitative estimate of drug-likeness (QED) is 0.263. The number of nitrogens with one attached hydrogen (secondary N) is 1. The summed E-state index contributed by atoms with van der Waals surface area (Å²) >= 11 is 1.60. The van der Waals surface area contributed by atoms with E-state index in [2.05, 4.69) is 56.3 Å². The molecule has 7 heteroatoms. The number of hydrogen-bond donors (Lipinski definition) is 1. The maximum atomic E-state index is 12.6. The van der Waals surface area contributed by atoms with Gasteiger partial charge >= 0.3 is 0 Å². The fourth-order valence-electron chi connectivity index (χ4n) is 3.80. The molecule has 0 aliphatic carbocycles. The third kappa shape index (κ3) is 5.37. The van der Waals surface area contributed by atoms with Crippen LogP contribution in [0.5, 0.6) is 0 Å². The highest BCUT2D eigenvalue weighted by atomic mass is 32.2. The third-order valence-corrected chi connectivity index (χ3v) is 6.71. The van der Waals surface area contributed by atoms with Crippen molar-refractivity contribution in [1.29, 1.82) is 0 Å². The molecule has 3 aromatic carbocycles. The molecular weight excluding hydrogens is 466 g/mol. The highest BCUT2D eigenvalue weighted by Crippen LogP contribution is 2.29. The molecule has 0 radical (unpaired) electrons. The van der Waals surface area contributed by atoms with Gasteiger partial charge in [-0.1, -0.05) is 53.7 Å². The zero-order chi connectivity index (χ0) is 24.9. The normalized spacial score (nSPS) is 10.8. The van der Waals surface area contributed by atoms with Crippen LogP contribution in [0.3, 0.4) is 0 Å². The van der Waals surface area contributed by atoms with Gasteiger partial charge in [0.2, 0.25) is 0 Å². The largest absolute Gasteiger partial charge is 0.322 e. The molecule has 0 bridgehead atoms. The summed E-state index contributed by atoms with van der Waals surface area (Å²) in [7, 11) is 0. The van der Waals surface area contributed by atoms with Crippen LogP contribution in [0.1, 0.15) is 27.0 Å². The molecule has 0 aliphatic rings. The molecule has 1 amide bonds. The van der Waals surface area contributed by atoms with Crippen LogP contribution in [0.2, 0.25) is 0 Å². The van der Waals surface area contributed by atoms with E-state index in [1.54, 1.807) is 24.2 Å². The summed E-state index contributed by atoms with van der Waals surface area (Å²) in [4.78, 5) is 16.9. The molecule has 6 nitrogen and oxygen atoms in total. The van der Waals surface area contributed by atoms with Crippen molar-refractivity contribution in [2.75, 3.05) is 5.32 Å². The van der Waals surface area contributed by atoms with Crippen molar-refractivity contribution in [2.24, 2.45) is 0 Å². The van der Waals surface area contributed by atoms with E-state index in [1.165, 1.54) is 5.56 Å². The maximum absolute atomic E-state index is 12.6. The lowest BCUT2D eigenvalue weighted by Crippen LogP contribution is -2.11. The Labute approximate surface area is 214 Å². The molecule has 1 N–H and O–H groups in total. The molecule has 2 heterocycles. The molecule has 0 fully saturated rings. The summed E-state index contributed by atoms with van der Waals surface area (Å²) in [5, 5.41) is 12.7. The Morgan fingerprint density at radius 3 is 2.42 bits per heavy atom. The molecule has 178 valence electrons. The van der Waals surface area contributed by atoms with E-state index in [4.69, 9.17) is 0 Å². The lowest BCUT2D eigenvalue weighted by molar-refractivity contribution is 0.102. The minimum atomic E-state index is -0.125. The van der Waals surface area contributed by atoms with Gasteiger partial charge < -0.3 is 5.32 Å². The lowest BCUT2D eigenvalue weighted by atomic mass is 10.1. The van der Waals surface area contributed by atoms with Crippen LogP contribution < -0.4 is 5.32 Å². The van der Waals surface area contributed by atoms with Gasteiger partial charge in [0.05, 0.1) is 0 Å². The van der Waals surface area contributed by atoms with Crippen molar-refractivity contribution in [1.82, 2.24) is 19.7 Å². The number of amides is 1. The monoisotopic (exact) mass is 491 g/mol. The highest BCUT2D eigenvalue weighted by Gasteiger charge is 2.16. The first-order valence-electron chi connectivity index (χ1n) is 11.6. The number of hydrogen-bond acceptors (Lipinski definition) is 5. The van der Waals surface area contributed by atoms with Gasteiger partial charge in [-0.25, -0.2) is 0 Å². The zero-order valence-electron chi connectivity index (χ0n) is 20.1. The van der Waals surface area contributed by atoms with Gasteiger partial charge in [0.25, 0.3) is 5.91 Å². The fraction of sp³-hybridized carbons (Fsp3) is 0.103. The number of carbonyl (C=O) groups is 1. The van der Waals surface area contributed by atoms with Crippen molar-refractivity contribution < 1.29 is 4.79 Å². The van der Waals surface area contributed by atoms with Crippen LogP contribution in [-0.4, -0.2) is 25.7 Å². The van der Waals surface area contributed by atoms with Gasteiger partial charge in [0, 0.05) is 40.6 Å².